The number of aliphatic hydroxyl groups excluding tert-OH is 5. The second kappa shape index (κ2) is 36.3. The Morgan fingerprint density at radius 1 is 0.533 bits per heavy atom. The lowest BCUT2D eigenvalue weighted by Gasteiger charge is -2.41. The number of carbonyl (C=O) groups excluding carboxylic acids is 2. The van der Waals surface area contributed by atoms with Crippen LogP contribution in [-0.4, -0.2) is 98.3 Å². The second-order valence-corrected chi connectivity index (χ2v) is 17.3. The normalized spacial score (nSPS) is 22.6. The summed E-state index contributed by atoms with van der Waals surface area (Å²) in [5.74, 6) is -1.15. The van der Waals surface area contributed by atoms with Gasteiger partial charge in [-0.15, -0.1) is 0 Å². The molecule has 0 aromatic heterocycles. The van der Waals surface area contributed by atoms with E-state index in [1.807, 2.05) is 6.08 Å². The molecular formula is C46H81O13P. The topological polar surface area (TPSA) is 210 Å². The van der Waals surface area contributed by atoms with Gasteiger partial charge in [0.15, 0.2) is 6.10 Å². The predicted molar refractivity (Wildman–Crippen MR) is 235 cm³/mol. The molecule has 0 aromatic rings. The number of unbranched alkanes of at least 4 members (excludes halogenated alkanes) is 17. The van der Waals surface area contributed by atoms with Crippen molar-refractivity contribution >= 4 is 19.8 Å². The molecule has 6 unspecified atom stereocenters. The molecule has 1 aliphatic carbocycles. The minimum absolute atomic E-state index is 0.0447. The van der Waals surface area contributed by atoms with Crippen LogP contribution in [0.2, 0.25) is 0 Å². The summed E-state index contributed by atoms with van der Waals surface area (Å²) in [5.41, 5.74) is 0. The van der Waals surface area contributed by atoms with Crippen LogP contribution in [0.1, 0.15) is 174 Å². The van der Waals surface area contributed by atoms with E-state index in [1.54, 1.807) is 0 Å². The molecule has 0 saturated heterocycles. The molecule has 0 heterocycles. The third kappa shape index (κ3) is 28.4. The van der Waals surface area contributed by atoms with Gasteiger partial charge in [0.25, 0.3) is 0 Å². The number of ether oxygens (including phenoxy) is 2. The number of hydrogen-bond acceptors (Lipinski definition) is 12. The number of hydrogen-bond donors (Lipinski definition) is 6. The van der Waals surface area contributed by atoms with E-state index < -0.39 is 75.7 Å². The molecule has 0 amide bonds. The summed E-state index contributed by atoms with van der Waals surface area (Å²) in [6.07, 6.45) is 28.9. The summed E-state index contributed by atoms with van der Waals surface area (Å²) in [6, 6.07) is 0. The zero-order valence-electron chi connectivity index (χ0n) is 36.7. The maximum atomic E-state index is 12.8. The quantitative estimate of drug-likeness (QED) is 0.0149. The van der Waals surface area contributed by atoms with Gasteiger partial charge >= 0.3 is 19.8 Å². The van der Waals surface area contributed by atoms with Crippen LogP contribution in [0.3, 0.4) is 0 Å². The fraction of sp³-hybridized carbons (Fsp3) is 0.783. The van der Waals surface area contributed by atoms with Crippen molar-refractivity contribution in [1.29, 1.82) is 0 Å². The molecule has 0 spiro atoms. The van der Waals surface area contributed by atoms with Crippen LogP contribution in [0.4, 0.5) is 0 Å². The molecule has 8 atom stereocenters. The molecular weight excluding hydrogens is 791 g/mol. The highest BCUT2D eigenvalue weighted by Crippen LogP contribution is 2.47. The first-order valence-corrected chi connectivity index (χ1v) is 24.4. The smallest absolute Gasteiger partial charge is 0.462 e. The molecule has 0 bridgehead atoms. The predicted octanol–water partition coefficient (Wildman–Crippen LogP) is 8.78. The molecule has 1 saturated carbocycles. The second-order valence-electron chi connectivity index (χ2n) is 15.9. The Labute approximate surface area is 360 Å². The van der Waals surface area contributed by atoms with Crippen LogP contribution >= 0.6 is 7.82 Å². The van der Waals surface area contributed by atoms with Gasteiger partial charge in [-0.05, 0) is 51.4 Å². The average molecular weight is 873 g/mol. The Kier molecular flexibility index (Phi) is 33.8. The Bertz CT molecular complexity index is 1240. The van der Waals surface area contributed by atoms with Gasteiger partial charge in [-0.2, -0.15) is 0 Å². The molecule has 0 aliphatic heterocycles. The summed E-state index contributed by atoms with van der Waals surface area (Å²) < 4.78 is 33.5. The van der Waals surface area contributed by atoms with Crippen molar-refractivity contribution in [2.45, 2.75) is 217 Å². The lowest BCUT2D eigenvalue weighted by atomic mass is 9.85. The van der Waals surface area contributed by atoms with Crippen molar-refractivity contribution in [2.24, 2.45) is 0 Å². The number of phosphoric ester groups is 1. The monoisotopic (exact) mass is 873 g/mol. The zero-order valence-corrected chi connectivity index (χ0v) is 37.6. The van der Waals surface area contributed by atoms with Crippen LogP contribution in [0.15, 0.2) is 48.6 Å². The first kappa shape index (κ1) is 55.8. The van der Waals surface area contributed by atoms with Gasteiger partial charge in [0.1, 0.15) is 43.2 Å². The molecule has 60 heavy (non-hydrogen) atoms. The number of rotatable bonds is 37. The van der Waals surface area contributed by atoms with Crippen LogP contribution in [0.25, 0.3) is 0 Å². The van der Waals surface area contributed by atoms with Gasteiger partial charge in [-0.1, -0.05) is 159 Å². The number of aliphatic hydroxyl groups is 5. The van der Waals surface area contributed by atoms with E-state index in [2.05, 4.69) is 56.4 Å². The van der Waals surface area contributed by atoms with Gasteiger partial charge in [-0.25, -0.2) is 4.57 Å². The number of phosphoric acid groups is 1. The largest absolute Gasteiger partial charge is 0.472 e. The maximum absolute atomic E-state index is 12.8. The van der Waals surface area contributed by atoms with E-state index in [4.69, 9.17) is 18.5 Å². The number of carbonyl (C=O) groups is 2. The minimum atomic E-state index is -5.13. The highest BCUT2D eigenvalue weighted by molar-refractivity contribution is 7.47. The SMILES string of the molecule is CC/C=C\C/C=C\C/C=C\C/C=C\CCCCC(=O)O[C@H](COC(=O)CCCCCCCCCCCCCCCCCC)COP(=O)(O)OC1C(O)C(O)C(O)[C@@H](O)C1O. The zero-order chi connectivity index (χ0) is 44.3. The fourth-order valence-electron chi connectivity index (χ4n) is 6.75. The van der Waals surface area contributed by atoms with Crippen molar-refractivity contribution in [1.82, 2.24) is 0 Å². The summed E-state index contributed by atoms with van der Waals surface area (Å²) in [7, 11) is -5.13. The van der Waals surface area contributed by atoms with Crippen molar-refractivity contribution < 1.29 is 63.1 Å². The molecule has 1 aliphatic rings. The van der Waals surface area contributed by atoms with E-state index >= 15 is 0 Å². The standard InChI is InChI=1S/C46H81O13P/c1-3-5-7-9-11-13-15-17-19-21-22-24-26-28-30-32-34-39(47)56-36-38(37-57-60(54,55)59-46-44(52)42(50)41(49)43(51)45(46)53)58-40(48)35-33-31-29-27-25-23-20-18-16-14-12-10-8-6-4-2/h6,8,12,14,18,20,25,27,38,41-46,49-53H,3-5,7,9-11,13,15-17,19,21-24,26,28-37H2,1-2H3,(H,54,55)/b8-6-,14-12-,20-18-,27-25-/t38-,41?,42-,43?,44?,45?,46?/m1/s1. The Morgan fingerprint density at radius 2 is 0.950 bits per heavy atom. The fourth-order valence-corrected chi connectivity index (χ4v) is 7.72. The molecule has 13 nitrogen and oxygen atoms in total. The van der Waals surface area contributed by atoms with Crippen molar-refractivity contribution in [3.8, 4) is 0 Å². The van der Waals surface area contributed by atoms with E-state index in [-0.39, 0.29) is 12.8 Å². The van der Waals surface area contributed by atoms with Crippen LogP contribution in [0, 0.1) is 0 Å². The van der Waals surface area contributed by atoms with Crippen LogP contribution in [-0.2, 0) is 32.7 Å². The van der Waals surface area contributed by atoms with Crippen molar-refractivity contribution in [3.63, 3.8) is 0 Å². The summed E-state index contributed by atoms with van der Waals surface area (Å²) in [6.45, 7) is 3.15. The molecule has 14 heteroatoms. The van der Waals surface area contributed by atoms with E-state index in [0.29, 0.717) is 12.8 Å². The molecule has 1 fully saturated rings. The van der Waals surface area contributed by atoms with Gasteiger partial charge < -0.3 is 39.9 Å². The third-order valence-corrected chi connectivity index (χ3v) is 11.4. The minimum Gasteiger partial charge on any atom is -0.462 e. The van der Waals surface area contributed by atoms with Crippen LogP contribution < -0.4 is 0 Å². The maximum Gasteiger partial charge on any atom is 0.472 e. The molecule has 1 rings (SSSR count). The van der Waals surface area contributed by atoms with Gasteiger partial charge in [0, 0.05) is 12.8 Å². The first-order valence-electron chi connectivity index (χ1n) is 22.9. The lowest BCUT2D eigenvalue weighted by molar-refractivity contribution is -0.220. The summed E-state index contributed by atoms with van der Waals surface area (Å²) >= 11 is 0. The average Bonchev–Trinajstić information content (AvgIpc) is 3.23. The highest BCUT2D eigenvalue weighted by Gasteiger charge is 2.51. The summed E-state index contributed by atoms with van der Waals surface area (Å²) in [5, 5.41) is 50.1. The van der Waals surface area contributed by atoms with Crippen molar-refractivity contribution in [2.75, 3.05) is 13.2 Å². The van der Waals surface area contributed by atoms with Gasteiger partial charge in [0.05, 0.1) is 6.61 Å². The Hall–Kier alpha value is -2.19. The molecule has 0 radical (unpaired) electrons. The summed E-state index contributed by atoms with van der Waals surface area (Å²) in [4.78, 5) is 35.7. The number of allylic oxidation sites excluding steroid dienone is 8. The van der Waals surface area contributed by atoms with E-state index in [9.17, 15) is 44.6 Å². The van der Waals surface area contributed by atoms with Crippen molar-refractivity contribution in [3.05, 3.63) is 48.6 Å². The van der Waals surface area contributed by atoms with Crippen LogP contribution in [0.5, 0.6) is 0 Å². The Morgan fingerprint density at radius 3 is 1.45 bits per heavy atom. The lowest BCUT2D eigenvalue weighted by Crippen LogP contribution is -2.64. The number of esters is 2. The molecule has 6 N–H and O–H groups in total. The van der Waals surface area contributed by atoms with Gasteiger partial charge in [0.2, 0.25) is 0 Å². The molecule has 0 aromatic carbocycles. The first-order chi connectivity index (χ1) is 28.9. The Balaban J connectivity index is 2.49. The van der Waals surface area contributed by atoms with Gasteiger partial charge in [-0.3, -0.25) is 18.6 Å². The highest BCUT2D eigenvalue weighted by atomic mass is 31.2. The molecule has 348 valence electrons. The van der Waals surface area contributed by atoms with E-state index in [0.717, 1.165) is 57.8 Å². The van der Waals surface area contributed by atoms with E-state index in [1.165, 1.54) is 77.0 Å². The third-order valence-electron chi connectivity index (χ3n) is 10.4.